The molecule has 1 amide bonds. The molecule has 0 spiro atoms. The van der Waals surface area contributed by atoms with Gasteiger partial charge in [0.25, 0.3) is 0 Å². The summed E-state index contributed by atoms with van der Waals surface area (Å²) in [4.78, 5) is 17.2. The van der Waals surface area contributed by atoms with Crippen molar-refractivity contribution in [3.05, 3.63) is 17.3 Å². The fraction of sp³-hybridized carbons (Fsp3) is 0.273. The highest BCUT2D eigenvalue weighted by Gasteiger charge is 2.30. The van der Waals surface area contributed by atoms with Gasteiger partial charge in [-0.3, -0.25) is 4.79 Å². The van der Waals surface area contributed by atoms with Crippen molar-refractivity contribution in [3.8, 4) is 12.3 Å². The molecule has 0 aliphatic carbocycles. The minimum Gasteiger partial charge on any atom is -0.382 e. The van der Waals surface area contributed by atoms with Crippen LogP contribution in [0, 0.1) is 18.3 Å². The molecule has 2 heterocycles. The average Bonchev–Trinajstić information content (AvgIpc) is 2.63. The molecule has 1 atom stereocenters. The topological polar surface area (TPSA) is 59.2 Å². The van der Waals surface area contributed by atoms with Gasteiger partial charge in [0.1, 0.15) is 5.82 Å². The maximum absolute atomic E-state index is 11.7. The van der Waals surface area contributed by atoms with Crippen molar-refractivity contribution in [2.24, 2.45) is 5.92 Å². The fourth-order valence-corrected chi connectivity index (χ4v) is 1.86. The molecular formula is C11H10ClN3O. The van der Waals surface area contributed by atoms with E-state index in [0.29, 0.717) is 23.7 Å². The first-order valence-corrected chi connectivity index (χ1v) is 5.17. The first-order chi connectivity index (χ1) is 7.61. The van der Waals surface area contributed by atoms with Gasteiger partial charge >= 0.3 is 0 Å². The van der Waals surface area contributed by atoms with Gasteiger partial charge in [0.2, 0.25) is 5.91 Å². The van der Waals surface area contributed by atoms with E-state index in [1.807, 2.05) is 0 Å². The third-order valence-corrected chi connectivity index (χ3v) is 2.72. The molecule has 2 N–H and O–H groups in total. The Kier molecular flexibility index (Phi) is 2.71. The predicted molar refractivity (Wildman–Crippen MR) is 63.0 cm³/mol. The van der Waals surface area contributed by atoms with Crippen LogP contribution < -0.4 is 10.6 Å². The number of nitrogens with zero attached hydrogens (tertiary/aromatic N) is 2. The maximum atomic E-state index is 11.7. The number of anilines is 2. The molecular weight excluding hydrogens is 226 g/mol. The lowest BCUT2D eigenvalue weighted by molar-refractivity contribution is -0.117. The number of carbonyl (C=O) groups excluding carboxylic acids is 1. The standard InChI is InChI=1S/C11H10ClN3O/c1-2-7-3-10(16)15(6-7)9-4-8(12)5-14-11(9)13/h1,4-5,7H,3,6H2,(H2,13,14). The second-order valence-electron chi connectivity index (χ2n) is 3.63. The Morgan fingerprint density at radius 2 is 2.44 bits per heavy atom. The summed E-state index contributed by atoms with van der Waals surface area (Å²) in [5.74, 6) is 2.75. The van der Waals surface area contributed by atoms with Crippen LogP contribution in [0.5, 0.6) is 0 Å². The number of nitrogen functional groups attached to an aromatic ring is 1. The van der Waals surface area contributed by atoms with Gasteiger partial charge in [-0.25, -0.2) is 4.98 Å². The predicted octanol–water partition coefficient (Wildman–Crippen LogP) is 1.30. The number of amides is 1. The molecule has 0 radical (unpaired) electrons. The van der Waals surface area contributed by atoms with E-state index >= 15 is 0 Å². The van der Waals surface area contributed by atoms with Gasteiger partial charge in [0.15, 0.2) is 0 Å². The highest BCUT2D eigenvalue weighted by molar-refractivity contribution is 6.31. The number of nitrogens with two attached hydrogens (primary N) is 1. The van der Waals surface area contributed by atoms with Crippen molar-refractivity contribution in [1.29, 1.82) is 0 Å². The third-order valence-electron chi connectivity index (χ3n) is 2.52. The number of hydrogen-bond donors (Lipinski definition) is 1. The van der Waals surface area contributed by atoms with E-state index < -0.39 is 0 Å². The Morgan fingerprint density at radius 1 is 1.69 bits per heavy atom. The Balaban J connectivity index is 2.35. The number of rotatable bonds is 1. The van der Waals surface area contributed by atoms with Crippen LogP contribution in [0.3, 0.4) is 0 Å². The molecule has 1 aromatic rings. The van der Waals surface area contributed by atoms with Gasteiger partial charge in [0.05, 0.1) is 10.7 Å². The molecule has 1 saturated heterocycles. The minimum atomic E-state index is -0.0640. The van der Waals surface area contributed by atoms with Crippen molar-refractivity contribution in [3.63, 3.8) is 0 Å². The molecule has 1 unspecified atom stereocenters. The summed E-state index contributed by atoms with van der Waals surface area (Å²) in [6, 6.07) is 1.63. The smallest absolute Gasteiger partial charge is 0.228 e. The van der Waals surface area contributed by atoms with Crippen LogP contribution in [-0.2, 0) is 4.79 Å². The molecule has 2 rings (SSSR count). The quantitative estimate of drug-likeness (QED) is 0.747. The highest BCUT2D eigenvalue weighted by Crippen LogP contribution is 2.30. The highest BCUT2D eigenvalue weighted by atomic mass is 35.5. The molecule has 0 saturated carbocycles. The van der Waals surface area contributed by atoms with E-state index in [4.69, 9.17) is 23.8 Å². The Hall–Kier alpha value is -1.73. The second kappa shape index (κ2) is 4.03. The number of aromatic nitrogens is 1. The first-order valence-electron chi connectivity index (χ1n) is 4.79. The Bertz CT molecular complexity index is 481. The lowest BCUT2D eigenvalue weighted by Gasteiger charge is -2.17. The van der Waals surface area contributed by atoms with Crippen LogP contribution in [0.25, 0.3) is 0 Å². The van der Waals surface area contributed by atoms with E-state index in [1.54, 1.807) is 11.0 Å². The monoisotopic (exact) mass is 235 g/mol. The fourth-order valence-electron chi connectivity index (χ4n) is 1.71. The van der Waals surface area contributed by atoms with Crippen LogP contribution in [0.4, 0.5) is 11.5 Å². The van der Waals surface area contributed by atoms with E-state index in [9.17, 15) is 4.79 Å². The molecule has 5 heteroatoms. The number of halogens is 1. The van der Waals surface area contributed by atoms with Crippen LogP contribution in [-0.4, -0.2) is 17.4 Å². The minimum absolute atomic E-state index is 0.0429. The second-order valence-corrected chi connectivity index (χ2v) is 4.07. The van der Waals surface area contributed by atoms with Gasteiger partial charge in [-0.1, -0.05) is 11.6 Å². The molecule has 0 aromatic carbocycles. The third kappa shape index (κ3) is 1.82. The van der Waals surface area contributed by atoms with Gasteiger partial charge in [-0.15, -0.1) is 12.3 Å². The number of hydrogen-bond acceptors (Lipinski definition) is 3. The van der Waals surface area contributed by atoms with E-state index in [-0.39, 0.29) is 17.6 Å². The van der Waals surface area contributed by atoms with E-state index in [1.165, 1.54) is 6.20 Å². The SMILES string of the molecule is C#CC1CC(=O)N(c2cc(Cl)cnc2N)C1. The zero-order chi connectivity index (χ0) is 11.7. The van der Waals surface area contributed by atoms with Crippen LogP contribution in [0.15, 0.2) is 12.3 Å². The summed E-state index contributed by atoms with van der Waals surface area (Å²) in [7, 11) is 0. The van der Waals surface area contributed by atoms with Gasteiger partial charge < -0.3 is 10.6 Å². The molecule has 1 aromatic heterocycles. The van der Waals surface area contributed by atoms with Gasteiger partial charge in [-0.2, -0.15) is 0 Å². The average molecular weight is 236 g/mol. The summed E-state index contributed by atoms with van der Waals surface area (Å²) < 4.78 is 0. The number of carbonyl (C=O) groups is 1. The molecule has 16 heavy (non-hydrogen) atoms. The van der Waals surface area contributed by atoms with Gasteiger partial charge in [0, 0.05) is 25.1 Å². The molecule has 4 nitrogen and oxygen atoms in total. The summed E-state index contributed by atoms with van der Waals surface area (Å²) in [5, 5.41) is 0.446. The summed E-state index contributed by atoms with van der Waals surface area (Å²) in [6.45, 7) is 0.474. The lowest BCUT2D eigenvalue weighted by Crippen LogP contribution is -2.25. The number of pyridine rings is 1. The largest absolute Gasteiger partial charge is 0.382 e. The van der Waals surface area contributed by atoms with Crippen molar-refractivity contribution in [1.82, 2.24) is 4.98 Å². The first kappa shape index (κ1) is 10.8. The zero-order valence-electron chi connectivity index (χ0n) is 8.48. The van der Waals surface area contributed by atoms with Gasteiger partial charge in [-0.05, 0) is 6.07 Å². The van der Waals surface area contributed by atoms with E-state index in [2.05, 4.69) is 10.9 Å². The zero-order valence-corrected chi connectivity index (χ0v) is 9.24. The molecule has 0 bridgehead atoms. The molecule has 1 aliphatic rings. The van der Waals surface area contributed by atoms with Crippen molar-refractivity contribution < 1.29 is 4.79 Å². The summed E-state index contributed by atoms with van der Waals surface area (Å²) >= 11 is 5.82. The summed E-state index contributed by atoms with van der Waals surface area (Å²) in [5.41, 5.74) is 6.24. The molecule has 1 fully saturated rings. The number of terminal acetylenes is 1. The maximum Gasteiger partial charge on any atom is 0.228 e. The molecule has 1 aliphatic heterocycles. The van der Waals surface area contributed by atoms with Crippen molar-refractivity contribution in [2.75, 3.05) is 17.2 Å². The lowest BCUT2D eigenvalue weighted by atomic mass is 10.1. The van der Waals surface area contributed by atoms with Crippen molar-refractivity contribution in [2.45, 2.75) is 6.42 Å². The van der Waals surface area contributed by atoms with Crippen LogP contribution in [0.1, 0.15) is 6.42 Å². The van der Waals surface area contributed by atoms with Crippen molar-refractivity contribution >= 4 is 29.0 Å². The van der Waals surface area contributed by atoms with Crippen LogP contribution >= 0.6 is 11.6 Å². The van der Waals surface area contributed by atoms with E-state index in [0.717, 1.165) is 0 Å². The normalized spacial score (nSPS) is 19.9. The summed E-state index contributed by atoms with van der Waals surface area (Å²) in [6.07, 6.45) is 7.10. The molecule has 82 valence electrons. The van der Waals surface area contributed by atoms with Crippen LogP contribution in [0.2, 0.25) is 5.02 Å². The Morgan fingerprint density at radius 3 is 3.06 bits per heavy atom. The Labute approximate surface area is 98.4 Å².